The average Bonchev–Trinajstić information content (AvgIpc) is 2.95. The molecule has 0 amide bonds. The number of aryl methyl sites for hydroxylation is 1. The molecule has 23 heavy (non-hydrogen) atoms. The number of nitrogens with zero attached hydrogens (tertiary/aromatic N) is 2. The molecular formula is C20H18N2O. The monoisotopic (exact) mass is 302 g/mol. The van der Waals surface area contributed by atoms with E-state index in [1.54, 1.807) is 6.92 Å². The SMILES string of the molecule is Cc1cccn2c(C(C)O)c(-c3ccc4ccccc4c3)nc12. The minimum absolute atomic E-state index is 0.590. The van der Waals surface area contributed by atoms with Crippen LogP contribution in [0.15, 0.2) is 60.8 Å². The first kappa shape index (κ1) is 14.0. The van der Waals surface area contributed by atoms with Gasteiger partial charge in [-0.05, 0) is 42.3 Å². The Labute approximate surface area is 134 Å². The minimum atomic E-state index is -0.590. The molecule has 114 valence electrons. The third-order valence-electron chi connectivity index (χ3n) is 4.30. The van der Waals surface area contributed by atoms with Gasteiger partial charge in [-0.15, -0.1) is 0 Å². The first-order valence-corrected chi connectivity index (χ1v) is 7.80. The van der Waals surface area contributed by atoms with Crippen LogP contribution in [0.2, 0.25) is 0 Å². The third kappa shape index (κ3) is 2.21. The van der Waals surface area contributed by atoms with Gasteiger partial charge in [-0.25, -0.2) is 4.98 Å². The smallest absolute Gasteiger partial charge is 0.140 e. The number of aromatic nitrogens is 2. The van der Waals surface area contributed by atoms with Crippen molar-refractivity contribution in [3.63, 3.8) is 0 Å². The maximum absolute atomic E-state index is 10.3. The first-order valence-electron chi connectivity index (χ1n) is 7.80. The zero-order valence-electron chi connectivity index (χ0n) is 13.2. The quantitative estimate of drug-likeness (QED) is 0.591. The molecule has 0 fully saturated rings. The highest BCUT2D eigenvalue weighted by atomic mass is 16.3. The summed E-state index contributed by atoms with van der Waals surface area (Å²) in [5, 5.41) is 12.7. The number of aliphatic hydroxyl groups is 1. The van der Waals surface area contributed by atoms with Crippen LogP contribution in [0.25, 0.3) is 27.7 Å². The summed E-state index contributed by atoms with van der Waals surface area (Å²) >= 11 is 0. The topological polar surface area (TPSA) is 37.5 Å². The van der Waals surface area contributed by atoms with Gasteiger partial charge >= 0.3 is 0 Å². The molecule has 0 aliphatic rings. The Balaban J connectivity index is 2.03. The molecule has 0 aliphatic heterocycles. The highest BCUT2D eigenvalue weighted by molar-refractivity contribution is 5.87. The summed E-state index contributed by atoms with van der Waals surface area (Å²) in [7, 11) is 0. The molecule has 2 aromatic carbocycles. The molecule has 0 spiro atoms. The number of imidazole rings is 1. The molecule has 3 nitrogen and oxygen atoms in total. The van der Waals surface area contributed by atoms with Crippen LogP contribution in [0, 0.1) is 6.92 Å². The van der Waals surface area contributed by atoms with Crippen LogP contribution in [0.4, 0.5) is 0 Å². The van der Waals surface area contributed by atoms with Crippen molar-refractivity contribution >= 4 is 16.4 Å². The molecule has 1 atom stereocenters. The number of hydrogen-bond donors (Lipinski definition) is 1. The van der Waals surface area contributed by atoms with E-state index in [4.69, 9.17) is 4.98 Å². The van der Waals surface area contributed by atoms with Crippen molar-refractivity contribution in [3.8, 4) is 11.3 Å². The Hall–Kier alpha value is -2.65. The second kappa shape index (κ2) is 5.21. The van der Waals surface area contributed by atoms with Gasteiger partial charge in [-0.3, -0.25) is 0 Å². The molecule has 0 bridgehead atoms. The maximum atomic E-state index is 10.3. The van der Waals surface area contributed by atoms with E-state index in [-0.39, 0.29) is 0 Å². The molecule has 1 N–H and O–H groups in total. The van der Waals surface area contributed by atoms with Crippen LogP contribution >= 0.6 is 0 Å². The number of hydrogen-bond acceptors (Lipinski definition) is 2. The lowest BCUT2D eigenvalue weighted by Gasteiger charge is -2.09. The highest BCUT2D eigenvalue weighted by Crippen LogP contribution is 2.31. The molecule has 0 saturated carbocycles. The van der Waals surface area contributed by atoms with Gasteiger partial charge in [0.2, 0.25) is 0 Å². The Morgan fingerprint density at radius 3 is 2.57 bits per heavy atom. The van der Waals surface area contributed by atoms with Crippen molar-refractivity contribution in [3.05, 3.63) is 72.1 Å². The Kier molecular flexibility index (Phi) is 3.17. The molecular weight excluding hydrogens is 284 g/mol. The van der Waals surface area contributed by atoms with Crippen molar-refractivity contribution in [2.24, 2.45) is 0 Å². The Morgan fingerprint density at radius 1 is 1.00 bits per heavy atom. The van der Waals surface area contributed by atoms with Crippen molar-refractivity contribution in [2.45, 2.75) is 20.0 Å². The van der Waals surface area contributed by atoms with E-state index in [0.29, 0.717) is 0 Å². The maximum Gasteiger partial charge on any atom is 0.140 e. The fourth-order valence-corrected chi connectivity index (χ4v) is 3.17. The molecule has 2 heterocycles. The van der Waals surface area contributed by atoms with Gasteiger partial charge in [-0.2, -0.15) is 0 Å². The lowest BCUT2D eigenvalue weighted by molar-refractivity contribution is 0.194. The van der Waals surface area contributed by atoms with Gasteiger partial charge in [0.1, 0.15) is 5.65 Å². The van der Waals surface area contributed by atoms with Crippen molar-refractivity contribution < 1.29 is 5.11 Å². The summed E-state index contributed by atoms with van der Waals surface area (Å²) in [4.78, 5) is 4.81. The number of fused-ring (bicyclic) bond motifs is 2. The molecule has 0 aliphatic carbocycles. The molecule has 1 unspecified atom stereocenters. The van der Waals surface area contributed by atoms with Crippen LogP contribution in [0.3, 0.4) is 0 Å². The number of benzene rings is 2. The zero-order valence-corrected chi connectivity index (χ0v) is 13.2. The normalized spacial score (nSPS) is 12.8. The largest absolute Gasteiger partial charge is 0.387 e. The van der Waals surface area contributed by atoms with Crippen LogP contribution in [-0.2, 0) is 0 Å². The van der Waals surface area contributed by atoms with Gasteiger partial charge in [-0.1, -0.05) is 42.5 Å². The van der Waals surface area contributed by atoms with Crippen LogP contribution in [0.5, 0.6) is 0 Å². The lowest BCUT2D eigenvalue weighted by Crippen LogP contribution is -1.99. The van der Waals surface area contributed by atoms with E-state index in [1.807, 2.05) is 41.8 Å². The summed E-state index contributed by atoms with van der Waals surface area (Å²) in [5.41, 5.74) is 4.70. The molecule has 3 heteroatoms. The summed E-state index contributed by atoms with van der Waals surface area (Å²) in [6.45, 7) is 3.83. The number of pyridine rings is 1. The number of aliphatic hydroxyl groups excluding tert-OH is 1. The second-order valence-electron chi connectivity index (χ2n) is 5.97. The zero-order chi connectivity index (χ0) is 16.0. The average molecular weight is 302 g/mol. The summed E-state index contributed by atoms with van der Waals surface area (Å²) in [6, 6.07) is 18.6. The van der Waals surface area contributed by atoms with E-state index in [1.165, 1.54) is 10.8 Å². The van der Waals surface area contributed by atoms with Crippen molar-refractivity contribution in [2.75, 3.05) is 0 Å². The molecule has 2 aromatic heterocycles. The van der Waals surface area contributed by atoms with E-state index in [0.717, 1.165) is 28.2 Å². The van der Waals surface area contributed by atoms with Gasteiger partial charge in [0.05, 0.1) is 17.5 Å². The predicted octanol–water partition coefficient (Wildman–Crippen LogP) is 4.52. The van der Waals surface area contributed by atoms with E-state index < -0.39 is 6.10 Å². The van der Waals surface area contributed by atoms with Gasteiger partial charge in [0.15, 0.2) is 0 Å². The lowest BCUT2D eigenvalue weighted by atomic mass is 10.0. The molecule has 4 rings (SSSR count). The standard InChI is InChI=1S/C20H18N2O/c1-13-6-5-11-22-19(14(2)23)18(21-20(13)22)17-10-9-15-7-3-4-8-16(15)12-17/h3-12,14,23H,1-2H3. The van der Waals surface area contributed by atoms with Crippen LogP contribution < -0.4 is 0 Å². The molecule has 4 aromatic rings. The van der Waals surface area contributed by atoms with Gasteiger partial charge < -0.3 is 9.51 Å². The summed E-state index contributed by atoms with van der Waals surface area (Å²) < 4.78 is 1.99. The Morgan fingerprint density at radius 2 is 1.78 bits per heavy atom. The van der Waals surface area contributed by atoms with Crippen LogP contribution in [-0.4, -0.2) is 14.5 Å². The predicted molar refractivity (Wildman–Crippen MR) is 93.5 cm³/mol. The van der Waals surface area contributed by atoms with Crippen LogP contribution in [0.1, 0.15) is 24.3 Å². The minimum Gasteiger partial charge on any atom is -0.387 e. The fraction of sp³-hybridized carbons (Fsp3) is 0.150. The van der Waals surface area contributed by atoms with Crippen molar-refractivity contribution in [1.82, 2.24) is 9.38 Å². The van der Waals surface area contributed by atoms with E-state index in [2.05, 4.69) is 30.3 Å². The van der Waals surface area contributed by atoms with Crippen molar-refractivity contribution in [1.29, 1.82) is 0 Å². The fourth-order valence-electron chi connectivity index (χ4n) is 3.17. The summed E-state index contributed by atoms with van der Waals surface area (Å²) in [6.07, 6.45) is 1.37. The summed E-state index contributed by atoms with van der Waals surface area (Å²) in [5.74, 6) is 0. The Bertz CT molecular complexity index is 1010. The second-order valence-corrected chi connectivity index (χ2v) is 5.97. The third-order valence-corrected chi connectivity index (χ3v) is 4.30. The van der Waals surface area contributed by atoms with E-state index >= 15 is 0 Å². The number of rotatable bonds is 2. The molecule has 0 saturated heterocycles. The highest BCUT2D eigenvalue weighted by Gasteiger charge is 2.18. The molecule has 0 radical (unpaired) electrons. The first-order chi connectivity index (χ1) is 11.1. The van der Waals surface area contributed by atoms with E-state index in [9.17, 15) is 5.11 Å². The van der Waals surface area contributed by atoms with Gasteiger partial charge in [0.25, 0.3) is 0 Å². The van der Waals surface area contributed by atoms with Gasteiger partial charge in [0, 0.05) is 11.8 Å².